The number of aryl methyl sites for hydroxylation is 1. The number of hydrogen-bond acceptors (Lipinski definition) is 2. The van der Waals surface area contributed by atoms with Crippen molar-refractivity contribution in [1.82, 2.24) is 0 Å². The van der Waals surface area contributed by atoms with Gasteiger partial charge in [-0.15, -0.1) is 11.8 Å². The Bertz CT molecular complexity index is 796. The van der Waals surface area contributed by atoms with Crippen molar-refractivity contribution in [2.45, 2.75) is 17.6 Å². The van der Waals surface area contributed by atoms with E-state index in [1.54, 1.807) is 11.8 Å². The summed E-state index contributed by atoms with van der Waals surface area (Å²) in [5.41, 5.74) is 3.86. The minimum atomic E-state index is -0.0823. The summed E-state index contributed by atoms with van der Waals surface area (Å²) >= 11 is 1.79. The summed E-state index contributed by atoms with van der Waals surface area (Å²) in [5.74, 6) is 0.810. The Kier molecular flexibility index (Phi) is 5.34. The van der Waals surface area contributed by atoms with E-state index in [2.05, 4.69) is 17.4 Å². The zero-order valence-electron chi connectivity index (χ0n) is 13.5. The maximum atomic E-state index is 12.3. The molecule has 120 valence electrons. The first-order chi connectivity index (χ1) is 11.7. The van der Waals surface area contributed by atoms with Gasteiger partial charge in [-0.2, -0.15) is 0 Å². The van der Waals surface area contributed by atoms with Gasteiger partial charge in [0.1, 0.15) is 0 Å². The lowest BCUT2D eigenvalue weighted by atomic mass is 10.1. The third kappa shape index (κ3) is 4.49. The van der Waals surface area contributed by atoms with Gasteiger partial charge in [-0.05, 0) is 48.9 Å². The fraction of sp³-hybridized carbons (Fsp3) is 0.0952. The lowest BCUT2D eigenvalue weighted by Gasteiger charge is -2.07. The second-order valence-corrected chi connectivity index (χ2v) is 6.67. The summed E-state index contributed by atoms with van der Waals surface area (Å²) in [5, 5.41) is 2.92. The summed E-state index contributed by atoms with van der Waals surface area (Å²) in [6.45, 7) is 2.03. The van der Waals surface area contributed by atoms with Gasteiger partial charge in [0.15, 0.2) is 0 Å². The Hall–Kier alpha value is -2.52. The van der Waals surface area contributed by atoms with E-state index >= 15 is 0 Å². The molecule has 0 heterocycles. The summed E-state index contributed by atoms with van der Waals surface area (Å²) in [7, 11) is 0. The molecule has 0 unspecified atom stereocenters. The molecule has 3 aromatic rings. The highest BCUT2D eigenvalue weighted by molar-refractivity contribution is 7.98. The van der Waals surface area contributed by atoms with Crippen LogP contribution in [0.3, 0.4) is 0 Å². The zero-order chi connectivity index (χ0) is 16.8. The smallest absolute Gasteiger partial charge is 0.255 e. The number of carbonyl (C=O) groups is 1. The van der Waals surface area contributed by atoms with E-state index in [1.165, 1.54) is 16.0 Å². The SMILES string of the molecule is Cc1ccc(NC(=O)c2ccc(CSc3ccccc3)cc2)cc1. The molecule has 0 atom stereocenters. The van der Waals surface area contributed by atoms with E-state index < -0.39 is 0 Å². The van der Waals surface area contributed by atoms with Gasteiger partial charge in [0.2, 0.25) is 0 Å². The quantitative estimate of drug-likeness (QED) is 0.621. The van der Waals surface area contributed by atoms with Gasteiger partial charge < -0.3 is 5.32 Å². The highest BCUT2D eigenvalue weighted by Gasteiger charge is 2.06. The van der Waals surface area contributed by atoms with Crippen LogP contribution in [0.2, 0.25) is 0 Å². The van der Waals surface area contributed by atoms with Gasteiger partial charge in [0.25, 0.3) is 5.91 Å². The van der Waals surface area contributed by atoms with Crippen molar-refractivity contribution in [3.63, 3.8) is 0 Å². The van der Waals surface area contributed by atoms with E-state index in [9.17, 15) is 4.79 Å². The summed E-state index contributed by atoms with van der Waals surface area (Å²) in [6.07, 6.45) is 0. The van der Waals surface area contributed by atoms with Crippen LogP contribution in [0, 0.1) is 6.92 Å². The fourth-order valence-electron chi connectivity index (χ4n) is 2.28. The number of benzene rings is 3. The normalized spacial score (nSPS) is 10.4. The van der Waals surface area contributed by atoms with Crippen molar-refractivity contribution in [3.05, 3.63) is 95.6 Å². The van der Waals surface area contributed by atoms with E-state index in [0.717, 1.165) is 11.4 Å². The number of carbonyl (C=O) groups excluding carboxylic acids is 1. The molecule has 3 rings (SSSR count). The third-order valence-electron chi connectivity index (χ3n) is 3.67. The van der Waals surface area contributed by atoms with E-state index in [4.69, 9.17) is 0 Å². The van der Waals surface area contributed by atoms with Gasteiger partial charge in [0.05, 0.1) is 0 Å². The average Bonchev–Trinajstić information content (AvgIpc) is 2.63. The van der Waals surface area contributed by atoms with Crippen LogP contribution in [0.15, 0.2) is 83.8 Å². The minimum Gasteiger partial charge on any atom is -0.322 e. The van der Waals surface area contributed by atoms with Crippen molar-refractivity contribution >= 4 is 23.4 Å². The molecule has 0 aliphatic carbocycles. The van der Waals surface area contributed by atoms with Crippen LogP contribution in [0.25, 0.3) is 0 Å². The Morgan fingerprint density at radius 3 is 2.21 bits per heavy atom. The topological polar surface area (TPSA) is 29.1 Å². The molecule has 0 aromatic heterocycles. The lowest BCUT2D eigenvalue weighted by Crippen LogP contribution is -2.11. The molecule has 1 N–H and O–H groups in total. The van der Waals surface area contributed by atoms with E-state index in [0.29, 0.717) is 5.56 Å². The molecular weight excluding hydrogens is 314 g/mol. The second-order valence-electron chi connectivity index (χ2n) is 5.62. The molecule has 2 nitrogen and oxygen atoms in total. The van der Waals surface area contributed by atoms with Gasteiger partial charge in [0, 0.05) is 21.9 Å². The zero-order valence-corrected chi connectivity index (χ0v) is 14.3. The predicted octanol–water partition coefficient (Wildman–Crippen LogP) is 5.54. The van der Waals surface area contributed by atoms with E-state index in [-0.39, 0.29) is 5.91 Å². The number of thioether (sulfide) groups is 1. The first kappa shape index (κ1) is 16.3. The summed E-state index contributed by atoms with van der Waals surface area (Å²) in [4.78, 5) is 13.5. The Morgan fingerprint density at radius 1 is 0.875 bits per heavy atom. The maximum absolute atomic E-state index is 12.3. The Labute approximate surface area is 146 Å². The monoisotopic (exact) mass is 333 g/mol. The maximum Gasteiger partial charge on any atom is 0.255 e. The first-order valence-electron chi connectivity index (χ1n) is 7.85. The van der Waals surface area contributed by atoms with Crippen molar-refractivity contribution in [2.75, 3.05) is 5.32 Å². The van der Waals surface area contributed by atoms with Crippen LogP contribution >= 0.6 is 11.8 Å². The molecule has 0 bridgehead atoms. The Morgan fingerprint density at radius 2 is 1.54 bits per heavy atom. The van der Waals surface area contributed by atoms with Crippen LogP contribution in [0.5, 0.6) is 0 Å². The van der Waals surface area contributed by atoms with Crippen molar-refractivity contribution in [2.24, 2.45) is 0 Å². The number of nitrogens with one attached hydrogen (secondary N) is 1. The van der Waals surface area contributed by atoms with Gasteiger partial charge in [-0.25, -0.2) is 0 Å². The van der Waals surface area contributed by atoms with Crippen LogP contribution in [0.1, 0.15) is 21.5 Å². The highest BCUT2D eigenvalue weighted by Crippen LogP contribution is 2.22. The van der Waals surface area contributed by atoms with Gasteiger partial charge in [-0.1, -0.05) is 48.0 Å². The van der Waals surface area contributed by atoms with Crippen LogP contribution in [0.4, 0.5) is 5.69 Å². The highest BCUT2D eigenvalue weighted by atomic mass is 32.2. The Balaban J connectivity index is 1.59. The molecule has 3 aromatic carbocycles. The molecule has 0 spiro atoms. The molecule has 24 heavy (non-hydrogen) atoms. The summed E-state index contributed by atoms with van der Waals surface area (Å²) in [6, 6.07) is 25.9. The van der Waals surface area contributed by atoms with Crippen molar-refractivity contribution in [3.8, 4) is 0 Å². The number of amides is 1. The second kappa shape index (κ2) is 7.84. The van der Waals surface area contributed by atoms with Crippen molar-refractivity contribution in [1.29, 1.82) is 0 Å². The van der Waals surface area contributed by atoms with Crippen molar-refractivity contribution < 1.29 is 4.79 Å². The van der Waals surface area contributed by atoms with Gasteiger partial charge >= 0.3 is 0 Å². The lowest BCUT2D eigenvalue weighted by molar-refractivity contribution is 0.102. The first-order valence-corrected chi connectivity index (χ1v) is 8.84. The molecule has 1 amide bonds. The molecule has 0 aliphatic rings. The predicted molar refractivity (Wildman–Crippen MR) is 102 cm³/mol. The summed E-state index contributed by atoms with van der Waals surface area (Å²) < 4.78 is 0. The molecule has 0 saturated carbocycles. The van der Waals surface area contributed by atoms with Gasteiger partial charge in [-0.3, -0.25) is 4.79 Å². The number of rotatable bonds is 5. The average molecular weight is 333 g/mol. The molecular formula is C21H19NOS. The van der Waals surface area contributed by atoms with Crippen LogP contribution in [-0.2, 0) is 5.75 Å². The van der Waals surface area contributed by atoms with Crippen LogP contribution in [-0.4, -0.2) is 5.91 Å². The molecule has 0 fully saturated rings. The van der Waals surface area contributed by atoms with E-state index in [1.807, 2.05) is 73.7 Å². The molecule has 0 aliphatic heterocycles. The van der Waals surface area contributed by atoms with Crippen LogP contribution < -0.4 is 5.32 Å². The standard InChI is InChI=1S/C21H19NOS/c1-16-7-13-19(14-8-16)22-21(23)18-11-9-17(10-12-18)15-24-20-5-3-2-4-6-20/h2-14H,15H2,1H3,(H,22,23). The largest absolute Gasteiger partial charge is 0.322 e. The third-order valence-corrected chi connectivity index (χ3v) is 4.76. The fourth-order valence-corrected chi connectivity index (χ4v) is 3.15. The molecule has 0 radical (unpaired) electrons. The molecule has 3 heteroatoms. The molecule has 0 saturated heterocycles. The number of hydrogen-bond donors (Lipinski definition) is 1. The number of anilines is 1. The minimum absolute atomic E-state index is 0.0823.